The number of aromatic hydroxyl groups is 1. The molecule has 1 amide bonds. The van der Waals surface area contributed by atoms with Gasteiger partial charge in [0, 0.05) is 12.7 Å². The lowest BCUT2D eigenvalue weighted by Gasteiger charge is -2.17. The fourth-order valence-corrected chi connectivity index (χ4v) is 1.74. The topological polar surface area (TPSA) is 40.5 Å². The van der Waals surface area contributed by atoms with Crippen LogP contribution in [0, 0.1) is 5.82 Å². The van der Waals surface area contributed by atoms with E-state index in [4.69, 9.17) is 0 Å². The first-order chi connectivity index (χ1) is 9.08. The van der Waals surface area contributed by atoms with Crippen molar-refractivity contribution in [3.05, 3.63) is 59.9 Å². The van der Waals surface area contributed by atoms with E-state index in [1.807, 2.05) is 0 Å². The minimum absolute atomic E-state index is 0.00402. The average molecular weight is 259 g/mol. The minimum Gasteiger partial charge on any atom is -0.508 e. The van der Waals surface area contributed by atoms with Crippen LogP contribution in [0.15, 0.2) is 48.5 Å². The van der Waals surface area contributed by atoms with E-state index in [9.17, 15) is 14.3 Å². The Balaban J connectivity index is 2.12. The van der Waals surface area contributed by atoms with Crippen LogP contribution in [0.4, 0.5) is 10.1 Å². The summed E-state index contributed by atoms with van der Waals surface area (Å²) < 4.78 is 13.5. The van der Waals surface area contributed by atoms with Crippen molar-refractivity contribution in [2.75, 3.05) is 11.9 Å². The van der Waals surface area contributed by atoms with Gasteiger partial charge in [-0.25, -0.2) is 4.39 Å². The fourth-order valence-electron chi connectivity index (χ4n) is 1.74. The quantitative estimate of drug-likeness (QED) is 0.920. The normalized spacial score (nSPS) is 10.2. The highest BCUT2D eigenvalue weighted by Crippen LogP contribution is 2.18. The molecular weight excluding hydrogens is 245 g/mol. The molecule has 0 aromatic heterocycles. The van der Waals surface area contributed by atoms with Gasteiger partial charge in [0.05, 0.1) is 6.42 Å². The zero-order valence-corrected chi connectivity index (χ0v) is 10.5. The van der Waals surface area contributed by atoms with Gasteiger partial charge < -0.3 is 10.0 Å². The van der Waals surface area contributed by atoms with Crippen LogP contribution in [0.2, 0.25) is 0 Å². The number of likely N-dealkylation sites (N-methyl/N-ethyl adjacent to an activating group) is 1. The summed E-state index contributed by atoms with van der Waals surface area (Å²) in [6.07, 6.45) is 0.00402. The first-order valence-corrected chi connectivity index (χ1v) is 5.87. The van der Waals surface area contributed by atoms with Crippen molar-refractivity contribution < 1.29 is 14.3 Å². The number of rotatable bonds is 3. The van der Waals surface area contributed by atoms with Gasteiger partial charge in [0.1, 0.15) is 11.6 Å². The summed E-state index contributed by atoms with van der Waals surface area (Å²) in [5, 5.41) is 9.20. The molecule has 0 radical (unpaired) electrons. The van der Waals surface area contributed by atoms with E-state index in [2.05, 4.69) is 0 Å². The monoisotopic (exact) mass is 259 g/mol. The average Bonchev–Trinajstić information content (AvgIpc) is 2.41. The summed E-state index contributed by atoms with van der Waals surface area (Å²) in [6.45, 7) is 0. The Morgan fingerprint density at radius 2 is 1.79 bits per heavy atom. The molecule has 1 N–H and O–H groups in total. The van der Waals surface area contributed by atoms with Crippen LogP contribution in [-0.2, 0) is 11.2 Å². The third-order valence-electron chi connectivity index (χ3n) is 2.91. The number of amides is 1. The van der Waals surface area contributed by atoms with Crippen LogP contribution in [0.25, 0.3) is 0 Å². The van der Waals surface area contributed by atoms with E-state index in [-0.39, 0.29) is 23.9 Å². The zero-order valence-electron chi connectivity index (χ0n) is 10.5. The summed E-state index contributed by atoms with van der Waals surface area (Å²) in [6, 6.07) is 12.5. The number of hydrogen-bond donors (Lipinski definition) is 1. The summed E-state index contributed by atoms with van der Waals surface area (Å²) in [7, 11) is 1.62. The predicted molar refractivity (Wildman–Crippen MR) is 71.6 cm³/mol. The molecule has 0 heterocycles. The van der Waals surface area contributed by atoms with E-state index >= 15 is 0 Å². The predicted octanol–water partition coefficient (Wildman–Crippen LogP) is 2.74. The number of carbonyl (C=O) groups excluding carboxylic acids is 1. The number of halogens is 1. The zero-order chi connectivity index (χ0) is 13.8. The molecule has 19 heavy (non-hydrogen) atoms. The molecule has 0 saturated heterocycles. The summed E-state index contributed by atoms with van der Waals surface area (Å²) in [4.78, 5) is 13.5. The van der Waals surface area contributed by atoms with Crippen LogP contribution in [0.1, 0.15) is 5.56 Å². The van der Waals surface area contributed by atoms with Crippen LogP contribution in [-0.4, -0.2) is 18.1 Å². The van der Waals surface area contributed by atoms with Gasteiger partial charge in [0.25, 0.3) is 0 Å². The van der Waals surface area contributed by atoms with Crippen LogP contribution in [0.5, 0.6) is 5.75 Å². The van der Waals surface area contributed by atoms with E-state index in [1.165, 1.54) is 23.1 Å². The maximum absolute atomic E-state index is 13.5. The SMILES string of the molecule is CN(C(=O)Cc1ccccc1F)c1ccc(O)cc1. The highest BCUT2D eigenvalue weighted by molar-refractivity contribution is 5.94. The van der Waals surface area contributed by atoms with E-state index < -0.39 is 0 Å². The van der Waals surface area contributed by atoms with Crippen molar-refractivity contribution in [3.63, 3.8) is 0 Å². The summed E-state index contributed by atoms with van der Waals surface area (Å²) in [5.74, 6) is -0.454. The molecule has 0 fully saturated rings. The van der Waals surface area contributed by atoms with Crippen molar-refractivity contribution in [1.29, 1.82) is 0 Å². The van der Waals surface area contributed by atoms with Gasteiger partial charge in [-0.3, -0.25) is 4.79 Å². The van der Waals surface area contributed by atoms with E-state index in [1.54, 1.807) is 37.4 Å². The molecule has 0 aliphatic carbocycles. The number of phenols is 1. The third kappa shape index (κ3) is 3.10. The van der Waals surface area contributed by atoms with Crippen LogP contribution < -0.4 is 4.90 Å². The second-order valence-electron chi connectivity index (χ2n) is 4.24. The molecule has 98 valence electrons. The third-order valence-corrected chi connectivity index (χ3v) is 2.91. The smallest absolute Gasteiger partial charge is 0.231 e. The van der Waals surface area contributed by atoms with Gasteiger partial charge in [0.15, 0.2) is 0 Å². The molecule has 0 spiro atoms. The molecule has 2 rings (SSSR count). The van der Waals surface area contributed by atoms with Gasteiger partial charge in [0.2, 0.25) is 5.91 Å². The lowest BCUT2D eigenvalue weighted by Crippen LogP contribution is -2.28. The Kier molecular flexibility index (Phi) is 3.80. The number of hydrogen-bond acceptors (Lipinski definition) is 2. The first kappa shape index (κ1) is 13.1. The van der Waals surface area contributed by atoms with E-state index in [0.29, 0.717) is 11.3 Å². The first-order valence-electron chi connectivity index (χ1n) is 5.87. The van der Waals surface area contributed by atoms with Crippen molar-refractivity contribution in [2.45, 2.75) is 6.42 Å². The van der Waals surface area contributed by atoms with Crippen molar-refractivity contribution in [2.24, 2.45) is 0 Å². The number of carbonyl (C=O) groups is 1. The number of nitrogens with zero attached hydrogens (tertiary/aromatic N) is 1. The second kappa shape index (κ2) is 5.52. The highest BCUT2D eigenvalue weighted by Gasteiger charge is 2.13. The Hall–Kier alpha value is -2.36. The lowest BCUT2D eigenvalue weighted by molar-refractivity contribution is -0.117. The van der Waals surface area contributed by atoms with Gasteiger partial charge in [-0.15, -0.1) is 0 Å². The van der Waals surface area contributed by atoms with Gasteiger partial charge in [-0.05, 0) is 35.9 Å². The van der Waals surface area contributed by atoms with Crippen molar-refractivity contribution >= 4 is 11.6 Å². The standard InChI is InChI=1S/C15H14FNO2/c1-17(12-6-8-13(18)9-7-12)15(19)10-11-4-2-3-5-14(11)16/h2-9,18H,10H2,1H3. The van der Waals surface area contributed by atoms with Crippen molar-refractivity contribution in [3.8, 4) is 5.75 Å². The molecule has 0 saturated carbocycles. The summed E-state index contributed by atoms with van der Waals surface area (Å²) in [5.41, 5.74) is 1.03. The molecular formula is C15H14FNO2. The molecule has 2 aromatic rings. The van der Waals surface area contributed by atoms with Crippen LogP contribution >= 0.6 is 0 Å². The minimum atomic E-state index is -0.380. The lowest BCUT2D eigenvalue weighted by atomic mass is 10.1. The highest BCUT2D eigenvalue weighted by atomic mass is 19.1. The maximum atomic E-state index is 13.5. The Labute approximate surface area is 110 Å². The molecule has 0 aliphatic heterocycles. The second-order valence-corrected chi connectivity index (χ2v) is 4.24. The number of phenolic OH excluding ortho intramolecular Hbond substituents is 1. The largest absolute Gasteiger partial charge is 0.508 e. The molecule has 2 aromatic carbocycles. The van der Waals surface area contributed by atoms with Gasteiger partial charge >= 0.3 is 0 Å². The molecule has 0 bridgehead atoms. The Morgan fingerprint density at radius 1 is 1.16 bits per heavy atom. The molecule has 0 aliphatic rings. The Morgan fingerprint density at radius 3 is 2.42 bits per heavy atom. The maximum Gasteiger partial charge on any atom is 0.231 e. The van der Waals surface area contributed by atoms with Gasteiger partial charge in [-0.2, -0.15) is 0 Å². The molecule has 4 heteroatoms. The molecule has 0 unspecified atom stereocenters. The van der Waals surface area contributed by atoms with Crippen molar-refractivity contribution in [1.82, 2.24) is 0 Å². The number of anilines is 1. The van der Waals surface area contributed by atoms with Gasteiger partial charge in [-0.1, -0.05) is 18.2 Å². The van der Waals surface area contributed by atoms with E-state index in [0.717, 1.165) is 0 Å². The summed E-state index contributed by atoms with van der Waals surface area (Å²) >= 11 is 0. The van der Waals surface area contributed by atoms with Crippen LogP contribution in [0.3, 0.4) is 0 Å². The fraction of sp³-hybridized carbons (Fsp3) is 0.133. The molecule has 0 atom stereocenters. The number of benzene rings is 2. The Bertz CT molecular complexity index is 581. The molecule has 3 nitrogen and oxygen atoms in total.